The van der Waals surface area contributed by atoms with Gasteiger partial charge in [-0.15, -0.1) is 0 Å². The van der Waals surface area contributed by atoms with E-state index in [-0.39, 0.29) is 0 Å². The molecule has 5 rings (SSSR count). The summed E-state index contributed by atoms with van der Waals surface area (Å²) < 4.78 is 6.87. The Morgan fingerprint density at radius 3 is 2.17 bits per heavy atom. The zero-order valence-electron chi connectivity index (χ0n) is 25.2. The molecule has 35 heavy (non-hydrogen) atoms. The van der Waals surface area contributed by atoms with Crippen LogP contribution in [0.15, 0.2) is 11.6 Å². The van der Waals surface area contributed by atoms with Crippen LogP contribution in [-0.2, 0) is 4.43 Å². The standard InChI is InChI=1S/C33H58OSi/c1-23(2)12-11-13-24(3)25-16-18-31(7)27-15-14-26-29(4,5)28(34-35(8,9)10)17-19-32(26)22-33(27,32)21-20-30(25,31)6/h12,24-28H,11,13-22H2,1-10H3/t24-,25-,26+,27+,28?,30-,31+,32-,33-/m1/s1. The number of hydrogen-bond donors (Lipinski definition) is 0. The van der Waals surface area contributed by atoms with Crippen LogP contribution in [0.25, 0.3) is 0 Å². The fraction of sp³-hybridized carbons (Fsp3) is 0.939. The fourth-order valence-corrected chi connectivity index (χ4v) is 13.0. The maximum atomic E-state index is 6.87. The van der Waals surface area contributed by atoms with Gasteiger partial charge in [-0.05, 0) is 155 Å². The number of fused-ring (bicyclic) bond motifs is 2. The molecule has 0 heterocycles. The van der Waals surface area contributed by atoms with Crippen LogP contribution in [-0.4, -0.2) is 14.4 Å². The number of rotatable bonds is 6. The first-order chi connectivity index (χ1) is 16.1. The van der Waals surface area contributed by atoms with Gasteiger partial charge in [-0.2, -0.15) is 0 Å². The number of hydrogen-bond acceptors (Lipinski definition) is 1. The van der Waals surface area contributed by atoms with Crippen molar-refractivity contribution in [2.75, 3.05) is 0 Å². The van der Waals surface area contributed by atoms with Gasteiger partial charge in [-0.1, -0.05) is 46.3 Å². The normalized spacial score (nSPS) is 48.7. The Hall–Kier alpha value is -0.0831. The monoisotopic (exact) mass is 498 g/mol. The van der Waals surface area contributed by atoms with Crippen LogP contribution in [0.5, 0.6) is 0 Å². The van der Waals surface area contributed by atoms with E-state index in [1.165, 1.54) is 69.8 Å². The summed E-state index contributed by atoms with van der Waals surface area (Å²) in [5, 5.41) is 0. The molecule has 200 valence electrons. The van der Waals surface area contributed by atoms with Crippen molar-refractivity contribution in [3.05, 3.63) is 11.6 Å². The lowest BCUT2D eigenvalue weighted by Gasteiger charge is -2.64. The van der Waals surface area contributed by atoms with E-state index in [4.69, 9.17) is 4.43 Å². The molecule has 0 radical (unpaired) electrons. The average molecular weight is 499 g/mol. The highest BCUT2D eigenvalue weighted by atomic mass is 28.4. The first kappa shape index (κ1) is 26.5. The van der Waals surface area contributed by atoms with Crippen molar-refractivity contribution in [2.45, 2.75) is 145 Å². The van der Waals surface area contributed by atoms with Crippen LogP contribution in [0.1, 0.15) is 119 Å². The van der Waals surface area contributed by atoms with Gasteiger partial charge in [-0.3, -0.25) is 0 Å². The lowest BCUT2D eigenvalue weighted by Crippen LogP contribution is -2.58. The largest absolute Gasteiger partial charge is 0.414 e. The zero-order valence-corrected chi connectivity index (χ0v) is 26.2. The first-order valence-electron chi connectivity index (χ1n) is 15.4. The molecule has 5 saturated carbocycles. The van der Waals surface area contributed by atoms with Crippen LogP contribution in [0.4, 0.5) is 0 Å². The minimum atomic E-state index is -1.51. The SMILES string of the molecule is CC(C)=CCC[C@@H](C)[C@H]1CC[C@@]2(C)[C@@H]3CC[C@H]4C(C)(C)C(O[Si](C)(C)C)CC[C@@]45C[C@]35CC[C@]12C. The third-order valence-electron chi connectivity index (χ3n) is 13.5. The molecule has 0 amide bonds. The van der Waals surface area contributed by atoms with Crippen molar-refractivity contribution in [3.8, 4) is 0 Å². The molecular formula is C33H58OSi. The summed E-state index contributed by atoms with van der Waals surface area (Å²) in [7, 11) is -1.51. The van der Waals surface area contributed by atoms with Gasteiger partial charge < -0.3 is 4.43 Å². The molecule has 5 fully saturated rings. The molecule has 0 bridgehead atoms. The van der Waals surface area contributed by atoms with Crippen molar-refractivity contribution in [1.29, 1.82) is 0 Å². The van der Waals surface area contributed by atoms with E-state index in [0.29, 0.717) is 33.2 Å². The smallest absolute Gasteiger partial charge is 0.184 e. The summed E-state index contributed by atoms with van der Waals surface area (Å²) in [6.45, 7) is 25.0. The minimum absolute atomic E-state index is 0.340. The highest BCUT2D eigenvalue weighted by Gasteiger charge is 2.82. The molecule has 5 aliphatic rings. The molecule has 0 aromatic carbocycles. The zero-order chi connectivity index (χ0) is 25.7. The van der Waals surface area contributed by atoms with Crippen molar-refractivity contribution in [1.82, 2.24) is 0 Å². The lowest BCUT2D eigenvalue weighted by atomic mass is 9.41. The van der Waals surface area contributed by atoms with Crippen LogP contribution in [0.3, 0.4) is 0 Å². The molecule has 0 N–H and O–H groups in total. The van der Waals surface area contributed by atoms with Crippen molar-refractivity contribution >= 4 is 8.32 Å². The topological polar surface area (TPSA) is 9.23 Å². The summed E-state index contributed by atoms with van der Waals surface area (Å²) in [6, 6.07) is 0. The molecule has 0 aromatic heterocycles. The van der Waals surface area contributed by atoms with Crippen molar-refractivity contribution < 1.29 is 4.43 Å². The van der Waals surface area contributed by atoms with Gasteiger partial charge >= 0.3 is 0 Å². The Morgan fingerprint density at radius 1 is 0.857 bits per heavy atom. The lowest BCUT2D eigenvalue weighted by molar-refractivity contribution is -0.159. The van der Waals surface area contributed by atoms with Crippen molar-refractivity contribution in [2.24, 2.45) is 50.7 Å². The highest BCUT2D eigenvalue weighted by molar-refractivity contribution is 6.69. The van der Waals surface area contributed by atoms with Gasteiger partial charge in [0.05, 0.1) is 6.10 Å². The quantitative estimate of drug-likeness (QED) is 0.261. The second-order valence-corrected chi connectivity index (χ2v) is 21.0. The Labute approximate surface area is 219 Å². The molecular weight excluding hydrogens is 440 g/mol. The molecule has 2 heteroatoms. The van der Waals surface area contributed by atoms with E-state index in [1.807, 2.05) is 0 Å². The predicted molar refractivity (Wildman–Crippen MR) is 153 cm³/mol. The van der Waals surface area contributed by atoms with E-state index in [9.17, 15) is 0 Å². The predicted octanol–water partition coefficient (Wildman–Crippen LogP) is 10.0. The third kappa shape index (κ3) is 3.68. The van der Waals surface area contributed by atoms with Crippen LogP contribution < -0.4 is 0 Å². The van der Waals surface area contributed by atoms with Crippen LogP contribution in [0, 0.1) is 50.7 Å². The second kappa shape index (κ2) is 8.21. The Morgan fingerprint density at radius 2 is 1.51 bits per heavy atom. The molecule has 1 nitrogen and oxygen atoms in total. The molecule has 0 aliphatic heterocycles. The van der Waals surface area contributed by atoms with Crippen molar-refractivity contribution in [3.63, 3.8) is 0 Å². The van der Waals surface area contributed by atoms with Gasteiger partial charge in [0.25, 0.3) is 0 Å². The van der Waals surface area contributed by atoms with Crippen LogP contribution >= 0.6 is 0 Å². The maximum absolute atomic E-state index is 6.87. The highest BCUT2D eigenvalue weighted by Crippen LogP contribution is 2.89. The Balaban J connectivity index is 1.38. The molecule has 1 unspecified atom stereocenters. The van der Waals surface area contributed by atoms with Gasteiger partial charge in [-0.25, -0.2) is 0 Å². The summed E-state index contributed by atoms with van der Waals surface area (Å²) >= 11 is 0. The first-order valence-corrected chi connectivity index (χ1v) is 18.9. The van der Waals surface area contributed by atoms with E-state index in [2.05, 4.69) is 74.2 Å². The fourth-order valence-electron chi connectivity index (χ4n) is 11.8. The van der Waals surface area contributed by atoms with E-state index in [1.54, 1.807) is 6.42 Å². The summed E-state index contributed by atoms with van der Waals surface area (Å²) in [4.78, 5) is 0. The molecule has 9 atom stereocenters. The van der Waals surface area contributed by atoms with Crippen LogP contribution in [0.2, 0.25) is 19.6 Å². The Bertz CT molecular complexity index is 863. The van der Waals surface area contributed by atoms with Gasteiger partial charge in [0.1, 0.15) is 0 Å². The molecule has 5 aliphatic carbocycles. The van der Waals surface area contributed by atoms with E-state index in [0.717, 1.165) is 23.7 Å². The Kier molecular flexibility index (Phi) is 6.22. The molecule has 0 aromatic rings. The summed E-state index contributed by atoms with van der Waals surface area (Å²) in [5.41, 5.74) is 4.26. The molecule has 2 spiro atoms. The summed E-state index contributed by atoms with van der Waals surface area (Å²) in [5.74, 6) is 3.66. The molecule has 0 saturated heterocycles. The second-order valence-electron chi connectivity index (χ2n) is 16.6. The maximum Gasteiger partial charge on any atom is 0.184 e. The van der Waals surface area contributed by atoms with Gasteiger partial charge in [0.15, 0.2) is 8.32 Å². The van der Waals surface area contributed by atoms with Gasteiger partial charge in [0, 0.05) is 0 Å². The van der Waals surface area contributed by atoms with E-state index >= 15 is 0 Å². The minimum Gasteiger partial charge on any atom is -0.414 e. The average Bonchev–Trinajstić information content (AvgIpc) is 3.31. The third-order valence-corrected chi connectivity index (χ3v) is 14.5. The van der Waals surface area contributed by atoms with Gasteiger partial charge in [0.2, 0.25) is 0 Å². The number of allylic oxidation sites excluding steroid dienone is 2. The summed E-state index contributed by atoms with van der Waals surface area (Å²) in [6.07, 6.45) is 19.0. The van der Waals surface area contributed by atoms with E-state index < -0.39 is 8.32 Å².